The zero-order valence-corrected chi connectivity index (χ0v) is 10.7. The van der Waals surface area contributed by atoms with E-state index < -0.39 is 0 Å². The number of allylic oxidation sites excluding steroid dienone is 4. The van der Waals surface area contributed by atoms with Gasteiger partial charge in [-0.15, -0.1) is 0 Å². The minimum absolute atomic E-state index is 0. The Labute approximate surface area is 89.9 Å². The maximum absolute atomic E-state index is 2.22. The van der Waals surface area contributed by atoms with Gasteiger partial charge < -0.3 is 7.43 Å². The first-order valence-electron chi connectivity index (χ1n) is 3.46. The van der Waals surface area contributed by atoms with E-state index in [9.17, 15) is 0 Å². The summed E-state index contributed by atoms with van der Waals surface area (Å²) in [6, 6.07) is 0. The third-order valence-corrected chi connectivity index (χ3v) is 2.37. The summed E-state index contributed by atoms with van der Waals surface area (Å²) in [6.07, 6.45) is 1.21. The molecule has 0 atom stereocenters. The van der Waals surface area contributed by atoms with Gasteiger partial charge in [0.25, 0.3) is 0 Å². The summed E-state index contributed by atoms with van der Waals surface area (Å²) in [7, 11) is 0. The molecule has 0 aromatic heterocycles. The molecule has 0 amide bonds. The Bertz CT molecular complexity index is 175. The van der Waals surface area contributed by atoms with Crippen molar-refractivity contribution in [2.24, 2.45) is 0 Å². The first-order chi connectivity index (χ1) is 4.13. The molecule has 1 aliphatic carbocycles. The van der Waals surface area contributed by atoms with Gasteiger partial charge in [-0.05, 0) is 45.3 Å². The molecule has 0 saturated heterocycles. The van der Waals surface area contributed by atoms with Crippen LogP contribution in [0, 0.1) is 7.43 Å². The normalized spacial score (nSPS) is 16.4. The van der Waals surface area contributed by atoms with Crippen LogP contribution < -0.4 is 0 Å². The summed E-state index contributed by atoms with van der Waals surface area (Å²) in [5.74, 6) is 0. The first-order valence-corrected chi connectivity index (χ1v) is 3.46. The van der Waals surface area contributed by atoms with E-state index in [0.717, 1.165) is 0 Å². The minimum Gasteiger partial charge on any atom is -0.358 e. The van der Waals surface area contributed by atoms with Crippen molar-refractivity contribution in [2.45, 2.75) is 34.1 Å². The molecule has 0 fully saturated rings. The van der Waals surface area contributed by atoms with Gasteiger partial charge in [0.1, 0.15) is 0 Å². The van der Waals surface area contributed by atoms with Crippen molar-refractivity contribution >= 4 is 0 Å². The van der Waals surface area contributed by atoms with Gasteiger partial charge in [-0.2, -0.15) is 0 Å². The summed E-state index contributed by atoms with van der Waals surface area (Å²) in [5, 5.41) is 0. The van der Waals surface area contributed by atoms with E-state index in [1.54, 1.807) is 11.1 Å². The second kappa shape index (κ2) is 5.09. The molecule has 0 radical (unpaired) electrons. The molecule has 0 spiro atoms. The summed E-state index contributed by atoms with van der Waals surface area (Å²) in [4.78, 5) is 0. The largest absolute Gasteiger partial charge is 0.358 e. The number of hydrogen-bond acceptors (Lipinski definition) is 0. The van der Waals surface area contributed by atoms with Crippen LogP contribution in [0.25, 0.3) is 0 Å². The standard InChI is InChI=1S/C9H14.CH3.Zr/c1-6-5-7(2)9(4)8(6)3;;/h5H2,1-4H3;1H3;/q;-1;. The molecule has 0 aliphatic heterocycles. The Morgan fingerprint density at radius 1 is 0.818 bits per heavy atom. The Kier molecular flexibility index (Phi) is 6.44. The number of hydrogen-bond donors (Lipinski definition) is 0. The molecule has 1 aliphatic rings. The molecule has 11 heavy (non-hydrogen) atoms. The molecule has 0 bridgehead atoms. The molecule has 1 rings (SSSR count). The summed E-state index contributed by atoms with van der Waals surface area (Å²) < 4.78 is 0. The van der Waals surface area contributed by atoms with Crippen molar-refractivity contribution in [3.05, 3.63) is 29.7 Å². The van der Waals surface area contributed by atoms with Crippen molar-refractivity contribution in [1.29, 1.82) is 0 Å². The van der Waals surface area contributed by atoms with Crippen LogP contribution in [0.2, 0.25) is 0 Å². The van der Waals surface area contributed by atoms with Gasteiger partial charge in [-0.1, -0.05) is 11.1 Å². The maximum atomic E-state index is 2.22. The maximum Gasteiger partial charge on any atom is 0 e. The quantitative estimate of drug-likeness (QED) is 0.557. The molecular weight excluding hydrogens is 211 g/mol. The molecule has 0 aromatic rings. The van der Waals surface area contributed by atoms with Gasteiger partial charge in [0.2, 0.25) is 0 Å². The van der Waals surface area contributed by atoms with Crippen LogP contribution in [-0.4, -0.2) is 0 Å². The average molecular weight is 228 g/mol. The summed E-state index contributed by atoms with van der Waals surface area (Å²) in [6.45, 7) is 8.85. The fraction of sp³-hybridized carbons (Fsp3) is 0.500. The van der Waals surface area contributed by atoms with Crippen LogP contribution in [0.5, 0.6) is 0 Å². The molecule has 62 valence electrons. The van der Waals surface area contributed by atoms with E-state index in [4.69, 9.17) is 0 Å². The van der Waals surface area contributed by atoms with E-state index in [1.165, 1.54) is 17.6 Å². The second-order valence-electron chi connectivity index (χ2n) is 2.99. The fourth-order valence-corrected chi connectivity index (χ4v) is 1.30. The van der Waals surface area contributed by atoms with Crippen LogP contribution in [-0.2, 0) is 26.2 Å². The van der Waals surface area contributed by atoms with Crippen molar-refractivity contribution < 1.29 is 26.2 Å². The van der Waals surface area contributed by atoms with Gasteiger partial charge in [0.15, 0.2) is 0 Å². The van der Waals surface area contributed by atoms with Crippen LogP contribution >= 0.6 is 0 Å². The Morgan fingerprint density at radius 2 is 1.09 bits per heavy atom. The Morgan fingerprint density at radius 3 is 1.18 bits per heavy atom. The van der Waals surface area contributed by atoms with Crippen LogP contribution in [0.1, 0.15) is 34.1 Å². The van der Waals surface area contributed by atoms with Gasteiger partial charge in [0.05, 0.1) is 0 Å². The van der Waals surface area contributed by atoms with E-state index >= 15 is 0 Å². The molecule has 1 heteroatoms. The fourth-order valence-electron chi connectivity index (χ4n) is 1.30. The van der Waals surface area contributed by atoms with E-state index in [1.807, 2.05) is 0 Å². The van der Waals surface area contributed by atoms with E-state index in [2.05, 4.69) is 27.7 Å². The van der Waals surface area contributed by atoms with Crippen molar-refractivity contribution in [2.75, 3.05) is 0 Å². The average Bonchev–Trinajstić information content (AvgIpc) is 1.98. The SMILES string of the molecule is CC1=C(C)C(C)=C(C)C1.[CH3-].[Zr]. The van der Waals surface area contributed by atoms with Crippen molar-refractivity contribution in [3.8, 4) is 0 Å². The topological polar surface area (TPSA) is 0 Å². The molecular formula is C10H17Zr-. The van der Waals surface area contributed by atoms with Gasteiger partial charge in [-0.25, -0.2) is 0 Å². The molecule has 0 saturated carbocycles. The minimum atomic E-state index is 0. The van der Waals surface area contributed by atoms with Crippen LogP contribution in [0.4, 0.5) is 0 Å². The van der Waals surface area contributed by atoms with Crippen molar-refractivity contribution in [3.63, 3.8) is 0 Å². The molecule has 0 aromatic carbocycles. The summed E-state index contributed by atoms with van der Waals surface area (Å²) in [5.41, 5.74) is 6.11. The van der Waals surface area contributed by atoms with Crippen molar-refractivity contribution in [1.82, 2.24) is 0 Å². The zero-order valence-electron chi connectivity index (χ0n) is 8.21. The third kappa shape index (κ3) is 2.71. The van der Waals surface area contributed by atoms with Crippen LogP contribution in [0.15, 0.2) is 22.3 Å². The van der Waals surface area contributed by atoms with E-state index in [-0.39, 0.29) is 33.6 Å². The van der Waals surface area contributed by atoms with E-state index in [0.29, 0.717) is 0 Å². The Balaban J connectivity index is 0. The van der Waals surface area contributed by atoms with Crippen LogP contribution in [0.3, 0.4) is 0 Å². The molecule has 0 heterocycles. The molecule has 0 nitrogen and oxygen atoms in total. The third-order valence-electron chi connectivity index (χ3n) is 2.37. The number of rotatable bonds is 0. The first kappa shape index (κ1) is 13.9. The summed E-state index contributed by atoms with van der Waals surface area (Å²) >= 11 is 0. The Hall–Kier alpha value is 0.363. The van der Waals surface area contributed by atoms with Gasteiger partial charge >= 0.3 is 0 Å². The predicted octanol–water partition coefficient (Wildman–Crippen LogP) is 3.51. The van der Waals surface area contributed by atoms with Gasteiger partial charge in [-0.3, -0.25) is 0 Å². The predicted molar refractivity (Wildman–Crippen MR) is 47.8 cm³/mol. The second-order valence-corrected chi connectivity index (χ2v) is 2.99. The monoisotopic (exact) mass is 227 g/mol. The smallest absolute Gasteiger partial charge is 0 e. The molecule has 0 N–H and O–H groups in total. The zero-order chi connectivity index (χ0) is 7.02. The van der Waals surface area contributed by atoms with Gasteiger partial charge in [0, 0.05) is 26.2 Å². The molecule has 0 unspecified atom stereocenters.